The summed E-state index contributed by atoms with van der Waals surface area (Å²) in [5.74, 6) is 0.846. The van der Waals surface area contributed by atoms with E-state index in [1.165, 1.54) is 32.6 Å². The maximum Gasteiger partial charge on any atom is 0.0951 e. The maximum atomic E-state index is 5.99. The third kappa shape index (κ3) is 3.30. The molecule has 0 aromatic carbocycles. The molecular weight excluding hydrogens is 240 g/mol. The van der Waals surface area contributed by atoms with Gasteiger partial charge >= 0.3 is 0 Å². The Morgan fingerprint density at radius 1 is 1.32 bits per heavy atom. The fourth-order valence-electron chi connectivity index (χ4n) is 3.77. The first-order valence-electron chi connectivity index (χ1n) is 7.97. The van der Waals surface area contributed by atoms with Crippen molar-refractivity contribution in [2.75, 3.05) is 46.0 Å². The van der Waals surface area contributed by atoms with Crippen LogP contribution in [0.25, 0.3) is 0 Å². The van der Waals surface area contributed by atoms with Crippen LogP contribution in [0, 0.1) is 5.92 Å². The van der Waals surface area contributed by atoms with Crippen LogP contribution in [0.5, 0.6) is 0 Å². The van der Waals surface area contributed by atoms with Gasteiger partial charge in [0, 0.05) is 32.2 Å². The van der Waals surface area contributed by atoms with Crippen LogP contribution in [0.15, 0.2) is 0 Å². The Hall–Kier alpha value is -0.160. The van der Waals surface area contributed by atoms with Gasteiger partial charge in [-0.05, 0) is 44.8 Å². The van der Waals surface area contributed by atoms with Crippen LogP contribution in [0.3, 0.4) is 0 Å². The molecule has 110 valence electrons. The highest BCUT2D eigenvalue weighted by molar-refractivity contribution is 4.93. The second-order valence-electron chi connectivity index (χ2n) is 6.48. The highest BCUT2D eigenvalue weighted by Gasteiger charge is 2.41. The summed E-state index contributed by atoms with van der Waals surface area (Å²) in [5, 5.41) is 3.80. The van der Waals surface area contributed by atoms with Gasteiger partial charge in [-0.1, -0.05) is 6.92 Å². The van der Waals surface area contributed by atoms with E-state index < -0.39 is 0 Å². The number of likely N-dealkylation sites (tertiary alicyclic amines) is 1. The minimum absolute atomic E-state index is 0.0427. The summed E-state index contributed by atoms with van der Waals surface area (Å²) in [6, 6.07) is 0.631. The smallest absolute Gasteiger partial charge is 0.0951 e. The second-order valence-corrected chi connectivity index (χ2v) is 6.48. The minimum Gasteiger partial charge on any atom is -0.378 e. The van der Waals surface area contributed by atoms with Crippen molar-refractivity contribution in [1.29, 1.82) is 0 Å². The number of nitrogens with one attached hydrogen (secondary N) is 1. The average molecular weight is 268 g/mol. The second kappa shape index (κ2) is 6.08. The zero-order valence-electron chi connectivity index (χ0n) is 12.2. The van der Waals surface area contributed by atoms with Gasteiger partial charge in [-0.3, -0.25) is 0 Å². The Labute approximate surface area is 116 Å². The number of hydrogen-bond acceptors (Lipinski definition) is 4. The predicted molar refractivity (Wildman–Crippen MR) is 75.4 cm³/mol. The summed E-state index contributed by atoms with van der Waals surface area (Å²) in [4.78, 5) is 2.56. The maximum absolute atomic E-state index is 5.99. The fourth-order valence-corrected chi connectivity index (χ4v) is 3.77. The Kier molecular flexibility index (Phi) is 4.42. The molecule has 3 aliphatic heterocycles. The molecule has 3 rings (SSSR count). The molecule has 0 amide bonds. The van der Waals surface area contributed by atoms with E-state index in [2.05, 4.69) is 17.1 Å². The molecule has 0 aromatic heterocycles. The van der Waals surface area contributed by atoms with Crippen molar-refractivity contribution in [3.8, 4) is 0 Å². The molecule has 1 N–H and O–H groups in total. The first-order chi connectivity index (χ1) is 9.30. The molecule has 0 radical (unpaired) electrons. The van der Waals surface area contributed by atoms with Crippen molar-refractivity contribution in [2.24, 2.45) is 5.92 Å². The predicted octanol–water partition coefficient (Wildman–Crippen LogP) is 1.26. The molecule has 3 aliphatic rings. The number of nitrogens with zero attached hydrogens (tertiary/aromatic N) is 1. The molecule has 3 saturated heterocycles. The normalized spacial score (nSPS) is 40.3. The van der Waals surface area contributed by atoms with Gasteiger partial charge < -0.3 is 19.7 Å². The van der Waals surface area contributed by atoms with E-state index >= 15 is 0 Å². The molecule has 1 spiro atoms. The van der Waals surface area contributed by atoms with Gasteiger partial charge in [-0.15, -0.1) is 0 Å². The Bertz CT molecular complexity index is 292. The lowest BCUT2D eigenvalue weighted by atomic mass is 9.89. The van der Waals surface area contributed by atoms with Crippen LogP contribution in [0.1, 0.15) is 32.6 Å². The molecule has 3 heterocycles. The number of hydrogen-bond donors (Lipinski definition) is 1. The summed E-state index contributed by atoms with van der Waals surface area (Å²) >= 11 is 0. The molecule has 19 heavy (non-hydrogen) atoms. The zero-order chi connectivity index (χ0) is 13.1. The summed E-state index contributed by atoms with van der Waals surface area (Å²) < 4.78 is 11.5. The van der Waals surface area contributed by atoms with Crippen LogP contribution >= 0.6 is 0 Å². The van der Waals surface area contributed by atoms with Crippen molar-refractivity contribution in [3.63, 3.8) is 0 Å². The van der Waals surface area contributed by atoms with Crippen molar-refractivity contribution >= 4 is 0 Å². The molecule has 0 saturated carbocycles. The third-order valence-electron chi connectivity index (χ3n) is 5.07. The van der Waals surface area contributed by atoms with E-state index in [1.54, 1.807) is 0 Å². The summed E-state index contributed by atoms with van der Waals surface area (Å²) in [5.41, 5.74) is 0.0427. The van der Waals surface area contributed by atoms with Crippen LogP contribution < -0.4 is 5.32 Å². The lowest BCUT2D eigenvalue weighted by molar-refractivity contribution is -0.0895. The summed E-state index contributed by atoms with van der Waals surface area (Å²) in [7, 11) is 0. The van der Waals surface area contributed by atoms with E-state index in [9.17, 15) is 0 Å². The van der Waals surface area contributed by atoms with Crippen LogP contribution in [-0.4, -0.2) is 62.5 Å². The van der Waals surface area contributed by atoms with Crippen LogP contribution in [0.4, 0.5) is 0 Å². The van der Waals surface area contributed by atoms with E-state index in [0.29, 0.717) is 6.04 Å². The van der Waals surface area contributed by atoms with Crippen LogP contribution in [0.2, 0.25) is 0 Å². The topological polar surface area (TPSA) is 33.7 Å². The molecule has 0 bridgehead atoms. The fraction of sp³-hybridized carbons (Fsp3) is 1.00. The van der Waals surface area contributed by atoms with Gasteiger partial charge in [0.25, 0.3) is 0 Å². The number of rotatable bonds is 4. The monoisotopic (exact) mass is 268 g/mol. The van der Waals surface area contributed by atoms with Gasteiger partial charge in [-0.25, -0.2) is 0 Å². The Balaban J connectivity index is 1.43. The highest BCUT2D eigenvalue weighted by Crippen LogP contribution is 2.32. The van der Waals surface area contributed by atoms with Gasteiger partial charge in [0.1, 0.15) is 0 Å². The quantitative estimate of drug-likeness (QED) is 0.832. The van der Waals surface area contributed by atoms with Crippen molar-refractivity contribution in [3.05, 3.63) is 0 Å². The van der Waals surface area contributed by atoms with Crippen molar-refractivity contribution < 1.29 is 9.47 Å². The van der Waals surface area contributed by atoms with Gasteiger partial charge in [0.05, 0.1) is 12.2 Å². The Morgan fingerprint density at radius 3 is 3.00 bits per heavy atom. The third-order valence-corrected chi connectivity index (χ3v) is 5.07. The highest BCUT2D eigenvalue weighted by atomic mass is 16.6. The molecule has 0 aliphatic carbocycles. The van der Waals surface area contributed by atoms with E-state index in [-0.39, 0.29) is 5.60 Å². The molecule has 3 fully saturated rings. The molecule has 3 atom stereocenters. The van der Waals surface area contributed by atoms with E-state index in [4.69, 9.17) is 9.47 Å². The molecule has 4 heteroatoms. The molecular formula is C15H28N2O2. The summed E-state index contributed by atoms with van der Waals surface area (Å²) in [6.07, 6.45) is 4.74. The summed E-state index contributed by atoms with van der Waals surface area (Å²) in [6.45, 7) is 9.78. The molecule has 0 aromatic rings. The largest absolute Gasteiger partial charge is 0.378 e. The standard InChI is InChI=1S/C15H28N2O2/c1-2-17-6-3-13(11-17)10-16-14-4-7-19-15(9-14)5-8-18-12-15/h13-14,16H,2-12H2,1H3. The van der Waals surface area contributed by atoms with Gasteiger partial charge in [-0.2, -0.15) is 0 Å². The molecule has 3 unspecified atom stereocenters. The van der Waals surface area contributed by atoms with Gasteiger partial charge in [0.15, 0.2) is 0 Å². The van der Waals surface area contributed by atoms with Gasteiger partial charge in [0.2, 0.25) is 0 Å². The van der Waals surface area contributed by atoms with Crippen LogP contribution in [-0.2, 0) is 9.47 Å². The van der Waals surface area contributed by atoms with E-state index in [1.807, 2.05) is 0 Å². The molecule has 4 nitrogen and oxygen atoms in total. The van der Waals surface area contributed by atoms with Crippen molar-refractivity contribution in [1.82, 2.24) is 10.2 Å². The Morgan fingerprint density at radius 2 is 2.26 bits per heavy atom. The van der Waals surface area contributed by atoms with E-state index in [0.717, 1.165) is 45.0 Å². The minimum atomic E-state index is 0.0427. The first-order valence-corrected chi connectivity index (χ1v) is 7.97. The first kappa shape index (κ1) is 13.8. The lowest BCUT2D eigenvalue weighted by Crippen LogP contribution is -2.48. The SMILES string of the molecule is CCN1CCC(CNC2CCOC3(CCOC3)C2)C1. The zero-order valence-corrected chi connectivity index (χ0v) is 12.2. The average Bonchev–Trinajstić information content (AvgIpc) is 3.06. The lowest BCUT2D eigenvalue weighted by Gasteiger charge is -2.37. The number of ether oxygens (including phenoxy) is 2. The van der Waals surface area contributed by atoms with Crippen molar-refractivity contribution in [2.45, 2.75) is 44.2 Å².